The number of aromatic nitrogens is 3. The van der Waals surface area contributed by atoms with E-state index in [-0.39, 0.29) is 18.0 Å². The van der Waals surface area contributed by atoms with E-state index in [0.717, 1.165) is 22.4 Å². The van der Waals surface area contributed by atoms with Crippen LogP contribution in [0.25, 0.3) is 15.5 Å². The van der Waals surface area contributed by atoms with Gasteiger partial charge >= 0.3 is 0 Å². The molecule has 5 aromatic rings. The molecule has 0 atom stereocenters. The van der Waals surface area contributed by atoms with E-state index in [4.69, 9.17) is 4.74 Å². The molecule has 2 heterocycles. The van der Waals surface area contributed by atoms with Crippen molar-refractivity contribution in [2.24, 2.45) is 0 Å². The first kappa shape index (κ1) is 22.5. The number of benzene rings is 3. The molecular weight excluding hydrogens is 460 g/mol. The molecule has 0 unspecified atom stereocenters. The first-order chi connectivity index (χ1) is 17.1. The van der Waals surface area contributed by atoms with Crippen molar-refractivity contribution >= 4 is 22.2 Å². The minimum atomic E-state index is -0.465. The van der Waals surface area contributed by atoms with Crippen LogP contribution in [-0.4, -0.2) is 27.6 Å². The summed E-state index contributed by atoms with van der Waals surface area (Å²) in [6, 6.07) is 28.1. The molecule has 3 aromatic carbocycles. The summed E-state index contributed by atoms with van der Waals surface area (Å²) in [7, 11) is 1.61. The molecule has 1 amide bonds. The van der Waals surface area contributed by atoms with Gasteiger partial charge in [-0.1, -0.05) is 72.0 Å². The van der Waals surface area contributed by atoms with Gasteiger partial charge in [0.2, 0.25) is 10.9 Å². The first-order valence-electron chi connectivity index (χ1n) is 11.0. The van der Waals surface area contributed by atoms with Crippen LogP contribution < -0.4 is 15.6 Å². The number of ether oxygens (including phenoxy) is 1. The van der Waals surface area contributed by atoms with E-state index in [9.17, 15) is 9.59 Å². The number of hydrogen-bond acceptors (Lipinski definition) is 6. The molecule has 174 valence electrons. The second kappa shape index (κ2) is 9.90. The van der Waals surface area contributed by atoms with Crippen molar-refractivity contribution in [3.8, 4) is 16.3 Å². The lowest BCUT2D eigenvalue weighted by Crippen LogP contribution is -2.30. The number of nitrogens with one attached hydrogen (secondary N) is 1. The minimum Gasteiger partial charge on any atom is -0.497 e. The second-order valence-corrected chi connectivity index (χ2v) is 8.84. The maximum atomic E-state index is 13.3. The van der Waals surface area contributed by atoms with Crippen LogP contribution >= 0.6 is 11.3 Å². The number of rotatable bonds is 7. The van der Waals surface area contributed by atoms with Gasteiger partial charge < -0.3 is 10.1 Å². The molecule has 0 aliphatic carbocycles. The van der Waals surface area contributed by atoms with Gasteiger partial charge in [0.05, 0.1) is 25.3 Å². The van der Waals surface area contributed by atoms with Crippen molar-refractivity contribution in [2.75, 3.05) is 7.11 Å². The number of carbonyl (C=O) groups is 1. The molecule has 7 nitrogen and oxygen atoms in total. The summed E-state index contributed by atoms with van der Waals surface area (Å²) in [4.78, 5) is 31.0. The van der Waals surface area contributed by atoms with Crippen LogP contribution in [0.2, 0.25) is 0 Å². The highest BCUT2D eigenvalue weighted by Crippen LogP contribution is 2.27. The molecule has 2 aromatic heterocycles. The summed E-state index contributed by atoms with van der Waals surface area (Å²) in [6.07, 6.45) is 0. The Morgan fingerprint density at radius 2 is 1.60 bits per heavy atom. The van der Waals surface area contributed by atoms with Gasteiger partial charge in [-0.05, 0) is 35.4 Å². The van der Waals surface area contributed by atoms with Gasteiger partial charge in [-0.2, -0.15) is 9.61 Å². The van der Waals surface area contributed by atoms with E-state index >= 15 is 0 Å². The van der Waals surface area contributed by atoms with Gasteiger partial charge in [0.1, 0.15) is 10.8 Å². The lowest BCUT2D eigenvalue weighted by molar-refractivity contribution is -0.121. The first-order valence-corrected chi connectivity index (χ1v) is 11.9. The van der Waals surface area contributed by atoms with Crippen molar-refractivity contribution in [3.05, 3.63) is 118 Å². The van der Waals surface area contributed by atoms with Crippen molar-refractivity contribution in [1.29, 1.82) is 0 Å². The highest BCUT2D eigenvalue weighted by Gasteiger charge is 2.22. The third-order valence-electron chi connectivity index (χ3n) is 5.61. The Balaban J connectivity index is 1.39. The summed E-state index contributed by atoms with van der Waals surface area (Å²) in [5.41, 5.74) is 2.84. The van der Waals surface area contributed by atoms with E-state index < -0.39 is 5.92 Å². The number of amides is 1. The maximum Gasteiger partial charge on any atom is 0.275 e. The summed E-state index contributed by atoms with van der Waals surface area (Å²) in [5, 5.41) is 8.05. The average molecular weight is 483 g/mol. The van der Waals surface area contributed by atoms with Gasteiger partial charge in [0, 0.05) is 11.6 Å². The van der Waals surface area contributed by atoms with E-state index in [1.54, 1.807) is 7.11 Å². The fourth-order valence-corrected chi connectivity index (χ4v) is 4.79. The third-order valence-corrected chi connectivity index (χ3v) is 6.56. The molecule has 1 N–H and O–H groups in total. The van der Waals surface area contributed by atoms with Crippen molar-refractivity contribution in [3.63, 3.8) is 0 Å². The standard InChI is InChI=1S/C27H22N4O3S/c1-34-22-14-12-20(13-15-22)26-30-31-23(32)16-21(29-27(31)35-26)17-28-25(33)24(18-8-4-2-5-9-18)19-10-6-3-7-11-19/h2-16,24H,17H2,1H3,(H,28,33). The SMILES string of the molecule is COc1ccc(-c2nn3c(=O)cc(CNC(=O)C(c4ccccc4)c4ccccc4)nc3s2)cc1. The summed E-state index contributed by atoms with van der Waals surface area (Å²) in [5.74, 6) is 0.118. The Hall–Kier alpha value is -4.30. The number of fused-ring (bicyclic) bond motifs is 1. The van der Waals surface area contributed by atoms with Crippen LogP contribution in [0.4, 0.5) is 0 Å². The Morgan fingerprint density at radius 3 is 2.20 bits per heavy atom. The molecule has 0 aliphatic rings. The molecule has 5 rings (SSSR count). The Labute approximate surface area is 205 Å². The van der Waals surface area contributed by atoms with Gasteiger partial charge in [0.25, 0.3) is 5.56 Å². The van der Waals surface area contributed by atoms with E-state index in [1.807, 2.05) is 84.9 Å². The molecule has 0 saturated carbocycles. The zero-order chi connectivity index (χ0) is 24.2. The molecule has 0 spiro atoms. The monoisotopic (exact) mass is 482 g/mol. The molecule has 0 bridgehead atoms. The fraction of sp³-hybridized carbons (Fsp3) is 0.111. The average Bonchev–Trinajstić information content (AvgIpc) is 3.34. The smallest absolute Gasteiger partial charge is 0.275 e. The number of carbonyl (C=O) groups excluding carboxylic acids is 1. The van der Waals surface area contributed by atoms with Crippen LogP contribution in [0.1, 0.15) is 22.7 Å². The number of methoxy groups -OCH3 is 1. The van der Waals surface area contributed by atoms with Gasteiger partial charge in [0.15, 0.2) is 0 Å². The maximum absolute atomic E-state index is 13.3. The predicted octanol–water partition coefficient (Wildman–Crippen LogP) is 4.27. The van der Waals surface area contributed by atoms with E-state index in [2.05, 4.69) is 15.4 Å². The van der Waals surface area contributed by atoms with Crippen molar-refractivity contribution in [2.45, 2.75) is 12.5 Å². The lowest BCUT2D eigenvalue weighted by atomic mass is 9.90. The van der Waals surface area contributed by atoms with Gasteiger partial charge in [-0.15, -0.1) is 0 Å². The molecule has 8 heteroatoms. The number of nitrogens with zero attached hydrogens (tertiary/aromatic N) is 3. The molecule has 35 heavy (non-hydrogen) atoms. The van der Waals surface area contributed by atoms with Crippen LogP contribution in [0.5, 0.6) is 5.75 Å². The zero-order valence-electron chi connectivity index (χ0n) is 18.9. The van der Waals surface area contributed by atoms with Gasteiger partial charge in [-0.3, -0.25) is 9.59 Å². The van der Waals surface area contributed by atoms with Crippen molar-refractivity contribution in [1.82, 2.24) is 19.9 Å². The Kier molecular flexibility index (Phi) is 6.36. The minimum absolute atomic E-state index is 0.135. The summed E-state index contributed by atoms with van der Waals surface area (Å²) in [6.45, 7) is 0.135. The summed E-state index contributed by atoms with van der Waals surface area (Å²) >= 11 is 1.31. The molecule has 0 fully saturated rings. The summed E-state index contributed by atoms with van der Waals surface area (Å²) < 4.78 is 6.48. The molecular formula is C27H22N4O3S. The molecule has 0 aliphatic heterocycles. The molecule has 0 radical (unpaired) electrons. The highest BCUT2D eigenvalue weighted by molar-refractivity contribution is 7.19. The fourth-order valence-electron chi connectivity index (χ4n) is 3.86. The second-order valence-electron chi connectivity index (χ2n) is 7.89. The topological polar surface area (TPSA) is 85.6 Å². The Bertz CT molecular complexity index is 1470. The number of hydrogen-bond donors (Lipinski definition) is 1. The third kappa shape index (κ3) is 4.83. The normalized spacial score (nSPS) is 11.0. The zero-order valence-corrected chi connectivity index (χ0v) is 19.7. The van der Waals surface area contributed by atoms with Crippen LogP contribution in [0.3, 0.4) is 0 Å². The van der Waals surface area contributed by atoms with Gasteiger partial charge in [-0.25, -0.2) is 4.98 Å². The Morgan fingerprint density at radius 1 is 0.971 bits per heavy atom. The quantitative estimate of drug-likeness (QED) is 0.374. The predicted molar refractivity (Wildman–Crippen MR) is 136 cm³/mol. The van der Waals surface area contributed by atoms with Crippen molar-refractivity contribution < 1.29 is 9.53 Å². The largest absolute Gasteiger partial charge is 0.497 e. The van der Waals surface area contributed by atoms with Crippen LogP contribution in [0, 0.1) is 0 Å². The lowest BCUT2D eigenvalue weighted by Gasteiger charge is -2.17. The van der Waals surface area contributed by atoms with Crippen LogP contribution in [-0.2, 0) is 11.3 Å². The molecule has 0 saturated heterocycles. The van der Waals surface area contributed by atoms with E-state index in [1.165, 1.54) is 21.9 Å². The highest BCUT2D eigenvalue weighted by atomic mass is 32.1. The van der Waals surface area contributed by atoms with Crippen LogP contribution in [0.15, 0.2) is 95.8 Å². The van der Waals surface area contributed by atoms with E-state index in [0.29, 0.717) is 15.7 Å².